The van der Waals surface area contributed by atoms with Crippen molar-refractivity contribution in [3.8, 4) is 0 Å². The number of nitrogens with one attached hydrogen (secondary N) is 1. The largest absolute Gasteiger partial charge is 0.465 e. The van der Waals surface area contributed by atoms with Gasteiger partial charge in [-0.2, -0.15) is 5.48 Å². The molecule has 0 aliphatic heterocycles. The lowest BCUT2D eigenvalue weighted by atomic mass is 10.2. The molecular formula is C8H15NO4. The van der Waals surface area contributed by atoms with Crippen molar-refractivity contribution >= 4 is 12.3 Å². The van der Waals surface area contributed by atoms with Crippen LogP contribution in [0.2, 0.25) is 0 Å². The molecule has 5 heteroatoms. The number of rotatable bonds is 6. The van der Waals surface area contributed by atoms with Crippen LogP contribution < -0.4 is 5.48 Å². The van der Waals surface area contributed by atoms with E-state index in [1.54, 1.807) is 20.8 Å². The molecular weight excluding hydrogens is 174 g/mol. The van der Waals surface area contributed by atoms with E-state index in [9.17, 15) is 9.59 Å². The molecule has 0 fully saturated rings. The van der Waals surface area contributed by atoms with Gasteiger partial charge in [-0.1, -0.05) is 0 Å². The number of ether oxygens (including phenoxy) is 1. The normalized spacial score (nSPS) is 11.0. The van der Waals surface area contributed by atoms with Crippen molar-refractivity contribution in [2.24, 2.45) is 0 Å². The predicted octanol–water partition coefficient (Wildman–Crippen LogP) is 0.0482. The van der Waals surface area contributed by atoms with Crippen LogP contribution in [0.3, 0.4) is 0 Å². The van der Waals surface area contributed by atoms with Gasteiger partial charge in [-0.3, -0.25) is 9.63 Å². The van der Waals surface area contributed by atoms with E-state index in [0.29, 0.717) is 12.9 Å². The fourth-order valence-corrected chi connectivity index (χ4v) is 0.517. The highest BCUT2D eigenvalue weighted by atomic mass is 16.7. The van der Waals surface area contributed by atoms with Gasteiger partial charge in [-0.15, -0.1) is 0 Å². The van der Waals surface area contributed by atoms with E-state index in [1.807, 2.05) is 0 Å². The Hall–Kier alpha value is -0.940. The summed E-state index contributed by atoms with van der Waals surface area (Å²) in [5.74, 6) is -0.413. The van der Waals surface area contributed by atoms with Crippen LogP contribution in [0.1, 0.15) is 20.8 Å². The first kappa shape index (κ1) is 12.1. The van der Waals surface area contributed by atoms with Gasteiger partial charge in [0.1, 0.15) is 12.1 Å². The second-order valence-electron chi connectivity index (χ2n) is 2.95. The summed E-state index contributed by atoms with van der Waals surface area (Å²) in [5, 5.41) is 0. The van der Waals surface area contributed by atoms with Crippen LogP contribution in [0.15, 0.2) is 0 Å². The Morgan fingerprint density at radius 1 is 1.54 bits per heavy atom. The highest BCUT2D eigenvalue weighted by molar-refractivity contribution is 5.71. The number of carbonyl (C=O) groups excluding carboxylic acids is 2. The highest BCUT2D eigenvalue weighted by Crippen LogP contribution is 2.00. The summed E-state index contributed by atoms with van der Waals surface area (Å²) in [6.07, 6.45) is 0.644. The van der Waals surface area contributed by atoms with Crippen molar-refractivity contribution in [2.75, 3.05) is 13.2 Å². The van der Waals surface area contributed by atoms with Crippen LogP contribution in [-0.4, -0.2) is 31.0 Å². The number of aldehydes is 1. The zero-order chi connectivity index (χ0) is 10.3. The molecule has 0 aliphatic rings. The van der Waals surface area contributed by atoms with Crippen molar-refractivity contribution in [3.63, 3.8) is 0 Å². The molecule has 0 bridgehead atoms. The fourth-order valence-electron chi connectivity index (χ4n) is 0.517. The summed E-state index contributed by atoms with van der Waals surface area (Å²) in [6.45, 7) is 5.15. The molecule has 0 aliphatic carbocycles. The summed E-state index contributed by atoms with van der Waals surface area (Å²) in [7, 11) is 0. The number of carbonyl (C=O) groups is 2. The van der Waals surface area contributed by atoms with Gasteiger partial charge in [0.15, 0.2) is 6.29 Å². The Kier molecular flexibility index (Phi) is 5.25. The van der Waals surface area contributed by atoms with Gasteiger partial charge in [-0.05, 0) is 20.8 Å². The number of hydroxylamine groups is 1. The molecule has 0 atom stereocenters. The summed E-state index contributed by atoms with van der Waals surface area (Å²) < 4.78 is 4.62. The van der Waals surface area contributed by atoms with E-state index >= 15 is 0 Å². The summed E-state index contributed by atoms with van der Waals surface area (Å²) in [4.78, 5) is 26.0. The fraction of sp³-hybridized carbons (Fsp3) is 0.750. The smallest absolute Gasteiger partial charge is 0.322 e. The number of esters is 1. The van der Waals surface area contributed by atoms with Crippen LogP contribution >= 0.6 is 0 Å². The number of hydrogen-bond acceptors (Lipinski definition) is 5. The van der Waals surface area contributed by atoms with E-state index in [4.69, 9.17) is 4.84 Å². The topological polar surface area (TPSA) is 64.6 Å². The molecule has 0 saturated heterocycles. The van der Waals surface area contributed by atoms with Crippen molar-refractivity contribution in [1.82, 2.24) is 5.48 Å². The second-order valence-corrected chi connectivity index (χ2v) is 2.95. The molecule has 5 nitrogen and oxygen atoms in total. The molecule has 0 radical (unpaired) electrons. The Morgan fingerprint density at radius 2 is 2.15 bits per heavy atom. The monoisotopic (exact) mass is 189 g/mol. The lowest BCUT2D eigenvalue weighted by Gasteiger charge is -2.17. The van der Waals surface area contributed by atoms with Crippen LogP contribution in [0.25, 0.3) is 0 Å². The minimum Gasteiger partial charge on any atom is -0.465 e. The molecule has 0 spiro atoms. The zero-order valence-corrected chi connectivity index (χ0v) is 8.12. The van der Waals surface area contributed by atoms with Gasteiger partial charge in [0.2, 0.25) is 0 Å². The maximum absolute atomic E-state index is 10.8. The minimum atomic E-state index is -0.924. The van der Waals surface area contributed by atoms with Crippen LogP contribution in [0.4, 0.5) is 0 Å². The molecule has 0 rings (SSSR count). The molecule has 0 aromatic heterocycles. The molecule has 0 heterocycles. The molecule has 0 saturated carbocycles. The average molecular weight is 189 g/mol. The molecule has 0 amide bonds. The first-order chi connectivity index (χ1) is 6.02. The van der Waals surface area contributed by atoms with Gasteiger partial charge in [0.25, 0.3) is 0 Å². The Balaban J connectivity index is 3.55. The Labute approximate surface area is 77.3 Å². The van der Waals surface area contributed by atoms with E-state index in [1.165, 1.54) is 0 Å². The maximum atomic E-state index is 10.8. The van der Waals surface area contributed by atoms with Crippen LogP contribution in [0, 0.1) is 0 Å². The third-order valence-corrected chi connectivity index (χ3v) is 1.14. The third kappa shape index (κ3) is 6.24. The quantitative estimate of drug-likeness (QED) is 0.363. The van der Waals surface area contributed by atoms with E-state index in [-0.39, 0.29) is 6.54 Å². The lowest BCUT2D eigenvalue weighted by Crippen LogP contribution is -2.36. The highest BCUT2D eigenvalue weighted by Gasteiger charge is 2.17. The van der Waals surface area contributed by atoms with Crippen molar-refractivity contribution in [2.45, 2.75) is 26.4 Å². The second kappa shape index (κ2) is 5.66. The van der Waals surface area contributed by atoms with Gasteiger partial charge < -0.3 is 9.53 Å². The Morgan fingerprint density at radius 3 is 2.62 bits per heavy atom. The summed E-state index contributed by atoms with van der Waals surface area (Å²) in [6, 6.07) is 0. The van der Waals surface area contributed by atoms with Crippen molar-refractivity contribution in [3.05, 3.63) is 0 Å². The molecule has 0 aromatic rings. The van der Waals surface area contributed by atoms with Gasteiger partial charge in [0, 0.05) is 0 Å². The Bertz CT molecular complexity index is 179. The van der Waals surface area contributed by atoms with Crippen LogP contribution in [0.5, 0.6) is 0 Å². The van der Waals surface area contributed by atoms with Gasteiger partial charge >= 0.3 is 5.97 Å². The van der Waals surface area contributed by atoms with Gasteiger partial charge in [-0.25, -0.2) is 0 Å². The predicted molar refractivity (Wildman–Crippen MR) is 45.9 cm³/mol. The summed E-state index contributed by atoms with van der Waals surface area (Å²) >= 11 is 0. The SMILES string of the molecule is CCOC(=O)CNOC(C)(C)C=O. The number of hydrogen-bond donors (Lipinski definition) is 1. The first-order valence-corrected chi connectivity index (χ1v) is 4.04. The average Bonchev–Trinajstić information content (AvgIpc) is 2.05. The molecule has 76 valence electrons. The van der Waals surface area contributed by atoms with Crippen molar-refractivity contribution in [1.29, 1.82) is 0 Å². The zero-order valence-electron chi connectivity index (χ0n) is 8.12. The third-order valence-electron chi connectivity index (χ3n) is 1.14. The van der Waals surface area contributed by atoms with E-state index in [2.05, 4.69) is 10.2 Å². The standard InChI is InChI=1S/C8H15NO4/c1-4-12-7(11)5-9-13-8(2,3)6-10/h6,9H,4-5H2,1-3H3. The van der Waals surface area contributed by atoms with E-state index < -0.39 is 11.6 Å². The maximum Gasteiger partial charge on any atom is 0.322 e. The lowest BCUT2D eigenvalue weighted by molar-refractivity contribution is -0.152. The molecule has 0 unspecified atom stereocenters. The van der Waals surface area contributed by atoms with Crippen LogP contribution in [-0.2, 0) is 19.2 Å². The van der Waals surface area contributed by atoms with Crippen molar-refractivity contribution < 1.29 is 19.2 Å². The molecule has 1 N–H and O–H groups in total. The molecule has 0 aromatic carbocycles. The molecule has 13 heavy (non-hydrogen) atoms. The minimum absolute atomic E-state index is 0.0644. The van der Waals surface area contributed by atoms with E-state index in [0.717, 1.165) is 0 Å². The van der Waals surface area contributed by atoms with Gasteiger partial charge in [0.05, 0.1) is 6.61 Å². The first-order valence-electron chi connectivity index (χ1n) is 4.04. The summed E-state index contributed by atoms with van der Waals surface area (Å²) in [5.41, 5.74) is 1.43.